The van der Waals surface area contributed by atoms with Crippen molar-refractivity contribution in [3.8, 4) is 11.1 Å². The fraction of sp³-hybridized carbons (Fsp3) is 0.269. The molecule has 1 saturated carbocycles. The van der Waals surface area contributed by atoms with E-state index in [1.807, 2.05) is 0 Å². The summed E-state index contributed by atoms with van der Waals surface area (Å²) < 4.78 is 0. The fourth-order valence-electron chi connectivity index (χ4n) is 4.86. The number of hydrogen-bond acceptors (Lipinski definition) is 0. The second-order valence-corrected chi connectivity index (χ2v) is 8.08. The topological polar surface area (TPSA) is 0 Å². The quantitative estimate of drug-likeness (QED) is 0.295. The third kappa shape index (κ3) is 3.25. The Morgan fingerprint density at radius 1 is 0.852 bits per heavy atom. The minimum Gasteiger partial charge on any atom is -0.164 e. The Morgan fingerprint density at radius 3 is 2.30 bits per heavy atom. The summed E-state index contributed by atoms with van der Waals surface area (Å²) in [5.41, 5.74) is 4.81. The molecular weight excluding hydrogens is 404 g/mol. The number of fused-ring (bicyclic) bond motifs is 2. The van der Waals surface area contributed by atoms with Gasteiger partial charge in [0.05, 0.1) is 0 Å². The smallest absolute Gasteiger partial charge is 0 e. The maximum Gasteiger partial charge on any atom is 0 e. The van der Waals surface area contributed by atoms with E-state index in [0.29, 0.717) is 5.41 Å². The molecule has 0 heterocycles. The molecule has 27 heavy (non-hydrogen) atoms. The van der Waals surface area contributed by atoms with E-state index >= 15 is 0 Å². The van der Waals surface area contributed by atoms with Crippen LogP contribution >= 0.6 is 0 Å². The molecule has 0 unspecified atom stereocenters. The van der Waals surface area contributed by atoms with Gasteiger partial charge >= 0.3 is 0 Å². The van der Waals surface area contributed by atoms with Crippen molar-refractivity contribution in [2.24, 2.45) is 5.41 Å². The van der Waals surface area contributed by atoms with Crippen LogP contribution in [0.15, 0.2) is 72.8 Å². The molecule has 1 fully saturated rings. The van der Waals surface area contributed by atoms with Crippen LogP contribution in [-0.4, -0.2) is 0 Å². The van der Waals surface area contributed by atoms with Crippen LogP contribution in [0.1, 0.15) is 38.2 Å². The summed E-state index contributed by atoms with van der Waals surface area (Å²) in [5.74, 6) is 0. The Kier molecular flexibility index (Phi) is 5.17. The van der Waals surface area contributed by atoms with Gasteiger partial charge in [0.1, 0.15) is 0 Å². The van der Waals surface area contributed by atoms with Gasteiger partial charge < -0.3 is 0 Å². The van der Waals surface area contributed by atoms with Gasteiger partial charge in [0, 0.05) is 26.2 Å². The first-order valence-corrected chi connectivity index (χ1v) is 9.94. The zero-order valence-electron chi connectivity index (χ0n) is 16.0. The zero-order valence-corrected chi connectivity index (χ0v) is 18.4. The zero-order chi connectivity index (χ0) is 17.6. The van der Waals surface area contributed by atoms with E-state index in [-0.39, 0.29) is 26.2 Å². The molecule has 0 atom stereocenters. The van der Waals surface area contributed by atoms with Gasteiger partial charge in [-0.3, -0.25) is 0 Å². The summed E-state index contributed by atoms with van der Waals surface area (Å²) in [6.07, 6.45) is 6.77. The molecule has 0 radical (unpaired) electrons. The van der Waals surface area contributed by atoms with E-state index in [1.165, 1.54) is 70.3 Å². The molecule has 0 N–H and O–H groups in total. The number of benzene rings is 3. The van der Waals surface area contributed by atoms with E-state index in [4.69, 9.17) is 0 Å². The van der Waals surface area contributed by atoms with Gasteiger partial charge in [0.2, 0.25) is 0 Å². The minimum absolute atomic E-state index is 0. The second-order valence-electron chi connectivity index (χ2n) is 8.08. The van der Waals surface area contributed by atoms with Crippen LogP contribution in [0.5, 0.6) is 0 Å². The maximum absolute atomic E-state index is 2.46. The van der Waals surface area contributed by atoms with E-state index in [9.17, 15) is 0 Å². The average Bonchev–Trinajstić information content (AvgIpc) is 3.07. The first-order chi connectivity index (χ1) is 12.8. The molecular formula is C26H25Zr-. The molecule has 4 aromatic rings. The molecule has 134 valence electrons. The van der Waals surface area contributed by atoms with Crippen LogP contribution in [0, 0.1) is 5.41 Å². The SMILES string of the molecule is CCC1(Cc2cc3c(-c4cccc5ccccc45)cccc3[cH-]2)CCC1.[Zr]. The first-order valence-electron chi connectivity index (χ1n) is 9.94. The standard InChI is InChI=1S/C26H25.Zr/c1-2-26(14-7-15-26)18-19-16-21-10-6-13-24(25(21)17-19)23-12-5-9-20-8-3-4-11-22(20)23;/h3-6,8-13,16-17H,2,7,14-15,18H2,1H3;/q-1;. The molecule has 0 nitrogen and oxygen atoms in total. The Labute approximate surface area is 181 Å². The predicted octanol–water partition coefficient (Wildman–Crippen LogP) is 7.50. The van der Waals surface area contributed by atoms with Crippen LogP contribution in [0.2, 0.25) is 0 Å². The third-order valence-electron chi connectivity index (χ3n) is 6.63. The van der Waals surface area contributed by atoms with Crippen molar-refractivity contribution in [3.05, 3.63) is 78.4 Å². The van der Waals surface area contributed by atoms with Crippen molar-refractivity contribution in [2.75, 3.05) is 0 Å². The van der Waals surface area contributed by atoms with Crippen molar-refractivity contribution < 1.29 is 26.2 Å². The van der Waals surface area contributed by atoms with Crippen LogP contribution in [0.4, 0.5) is 0 Å². The predicted molar refractivity (Wildman–Crippen MR) is 113 cm³/mol. The molecule has 0 aliphatic heterocycles. The van der Waals surface area contributed by atoms with Crippen LogP contribution in [-0.2, 0) is 32.6 Å². The maximum atomic E-state index is 2.46. The summed E-state index contributed by atoms with van der Waals surface area (Å²) in [6.45, 7) is 2.36. The van der Waals surface area contributed by atoms with Gasteiger partial charge in [-0.1, -0.05) is 73.9 Å². The van der Waals surface area contributed by atoms with Gasteiger partial charge in [-0.05, 0) is 41.0 Å². The van der Waals surface area contributed by atoms with Gasteiger partial charge in [-0.15, -0.1) is 34.5 Å². The van der Waals surface area contributed by atoms with Crippen molar-refractivity contribution in [2.45, 2.75) is 39.0 Å². The summed E-state index contributed by atoms with van der Waals surface area (Å²) >= 11 is 0. The molecule has 4 aromatic carbocycles. The average molecular weight is 429 g/mol. The fourth-order valence-corrected chi connectivity index (χ4v) is 4.86. The van der Waals surface area contributed by atoms with Crippen LogP contribution < -0.4 is 0 Å². The van der Waals surface area contributed by atoms with E-state index in [2.05, 4.69) is 79.7 Å². The van der Waals surface area contributed by atoms with E-state index in [1.54, 1.807) is 0 Å². The Morgan fingerprint density at radius 2 is 1.56 bits per heavy atom. The third-order valence-corrected chi connectivity index (χ3v) is 6.63. The number of rotatable bonds is 4. The molecule has 0 amide bonds. The molecule has 1 aliphatic rings. The Balaban J connectivity index is 0.00000180. The summed E-state index contributed by atoms with van der Waals surface area (Å²) in [7, 11) is 0. The minimum atomic E-state index is 0. The van der Waals surface area contributed by atoms with Crippen molar-refractivity contribution in [1.82, 2.24) is 0 Å². The first kappa shape index (κ1) is 18.8. The largest absolute Gasteiger partial charge is 0.164 e. The molecule has 5 rings (SSSR count). The monoisotopic (exact) mass is 427 g/mol. The van der Waals surface area contributed by atoms with Crippen molar-refractivity contribution in [1.29, 1.82) is 0 Å². The van der Waals surface area contributed by atoms with Gasteiger partial charge in [-0.25, -0.2) is 0 Å². The van der Waals surface area contributed by atoms with Crippen LogP contribution in [0.3, 0.4) is 0 Å². The molecule has 0 spiro atoms. The van der Waals surface area contributed by atoms with Crippen LogP contribution in [0.25, 0.3) is 32.7 Å². The normalized spacial score (nSPS) is 15.4. The van der Waals surface area contributed by atoms with Gasteiger partial charge in [0.15, 0.2) is 0 Å². The summed E-state index contributed by atoms with van der Waals surface area (Å²) in [5, 5.41) is 5.45. The van der Waals surface area contributed by atoms with E-state index in [0.717, 1.165) is 0 Å². The van der Waals surface area contributed by atoms with Gasteiger partial charge in [0.25, 0.3) is 0 Å². The molecule has 0 aromatic heterocycles. The molecule has 0 saturated heterocycles. The molecule has 1 heteroatoms. The van der Waals surface area contributed by atoms with Gasteiger partial charge in [-0.2, -0.15) is 6.07 Å². The Bertz CT molecular complexity index is 1070. The van der Waals surface area contributed by atoms with E-state index < -0.39 is 0 Å². The molecule has 0 bridgehead atoms. The number of hydrogen-bond donors (Lipinski definition) is 0. The van der Waals surface area contributed by atoms with Crippen molar-refractivity contribution >= 4 is 21.5 Å². The Hall–Kier alpha value is -1.59. The summed E-state index contributed by atoms with van der Waals surface area (Å²) in [6, 6.07) is 27.0. The second kappa shape index (κ2) is 7.44. The molecule has 1 aliphatic carbocycles. The summed E-state index contributed by atoms with van der Waals surface area (Å²) in [4.78, 5) is 0. The van der Waals surface area contributed by atoms with Crippen molar-refractivity contribution in [3.63, 3.8) is 0 Å².